The highest BCUT2D eigenvalue weighted by Gasteiger charge is 2.12. The maximum atomic E-state index is 10.6. The first-order valence-corrected chi connectivity index (χ1v) is 34.5. The number of hydrogen-bond donors (Lipinski definition) is 2. The van der Waals surface area contributed by atoms with Crippen LogP contribution in [0.1, 0.15) is 325 Å². The number of allylic oxidation sites excluding steroid dienone is 3. The van der Waals surface area contributed by atoms with Crippen molar-refractivity contribution in [1.82, 2.24) is 15.1 Å². The van der Waals surface area contributed by atoms with Crippen LogP contribution in [0, 0.1) is 0 Å². The summed E-state index contributed by atoms with van der Waals surface area (Å²) in [5.41, 5.74) is 0.751. The van der Waals surface area contributed by atoms with E-state index in [1.807, 2.05) is 12.9 Å². The third kappa shape index (κ3) is 58.0. The van der Waals surface area contributed by atoms with Gasteiger partial charge in [-0.2, -0.15) is 8.42 Å². The molecule has 0 aromatic carbocycles. The van der Waals surface area contributed by atoms with Crippen LogP contribution in [0.25, 0.3) is 0 Å². The molecule has 0 saturated carbocycles. The maximum Gasteiger partial charge on any atom is 0.397 e. The Morgan fingerprint density at radius 2 is 0.766 bits per heavy atom. The largest absolute Gasteiger partial charge is 0.397 e. The zero-order valence-corrected chi connectivity index (χ0v) is 53.0. The first-order valence-electron chi connectivity index (χ1n) is 33.2. The van der Waals surface area contributed by atoms with E-state index in [4.69, 9.17) is 4.55 Å². The van der Waals surface area contributed by atoms with E-state index in [1.165, 1.54) is 282 Å². The van der Waals surface area contributed by atoms with Gasteiger partial charge in [0.1, 0.15) is 17.6 Å². The fourth-order valence-corrected chi connectivity index (χ4v) is 10.2. The van der Waals surface area contributed by atoms with Gasteiger partial charge in [0, 0.05) is 32.7 Å². The zero-order valence-electron chi connectivity index (χ0n) is 52.1. The van der Waals surface area contributed by atoms with Gasteiger partial charge in [-0.1, -0.05) is 270 Å². The molecule has 0 spiro atoms. The molecular formula is C66H129N5O5S. The number of unbranched alkanes of at least 4 members (excludes halogenated alkanes) is 39. The molecule has 0 amide bonds. The second-order valence-electron chi connectivity index (χ2n) is 21.8. The molecule has 2 aliphatic heterocycles. The van der Waals surface area contributed by atoms with Gasteiger partial charge in [0.25, 0.3) is 0 Å². The first-order chi connectivity index (χ1) is 37.7. The van der Waals surface area contributed by atoms with Crippen LogP contribution in [0.3, 0.4) is 0 Å². The molecule has 0 aliphatic carbocycles. The Hall–Kier alpha value is -2.46. The van der Waals surface area contributed by atoms with Gasteiger partial charge in [0.2, 0.25) is 0 Å². The summed E-state index contributed by atoms with van der Waals surface area (Å²) < 4.78 is 30.7. The number of rotatable bonds is 51. The summed E-state index contributed by atoms with van der Waals surface area (Å²) in [6.45, 7) is 21.9. The van der Waals surface area contributed by atoms with Gasteiger partial charge in [0.15, 0.2) is 0 Å². The van der Waals surface area contributed by atoms with Crippen LogP contribution in [0.5, 0.6) is 0 Å². The summed E-state index contributed by atoms with van der Waals surface area (Å²) in [5, 5.41) is 3.07. The van der Waals surface area contributed by atoms with Crippen LogP contribution in [-0.4, -0.2) is 92.8 Å². The van der Waals surface area contributed by atoms with Gasteiger partial charge in [-0.15, -0.1) is 0 Å². The summed E-state index contributed by atoms with van der Waals surface area (Å²) in [5.74, 6) is 4.41. The van der Waals surface area contributed by atoms with Crippen molar-refractivity contribution >= 4 is 28.0 Å². The highest BCUT2D eigenvalue weighted by Crippen LogP contribution is 2.17. The molecule has 10 nitrogen and oxygen atoms in total. The summed E-state index contributed by atoms with van der Waals surface area (Å²) in [6.07, 6.45) is 68.9. The quantitative estimate of drug-likeness (QED) is 0.0351. The number of carbonyl (C=O) groups excluding carboxylic acids is 1. The molecule has 11 heteroatoms. The highest BCUT2D eigenvalue weighted by atomic mass is 32.3. The molecule has 2 heterocycles. The van der Waals surface area contributed by atoms with Crippen LogP contribution in [0.15, 0.2) is 40.0 Å². The van der Waals surface area contributed by atoms with Crippen molar-refractivity contribution in [2.24, 2.45) is 9.98 Å². The summed E-state index contributed by atoms with van der Waals surface area (Å²) in [6, 6.07) is 0. The molecule has 0 aromatic rings. The van der Waals surface area contributed by atoms with Crippen LogP contribution >= 0.6 is 0 Å². The Balaban J connectivity index is 0. The van der Waals surface area contributed by atoms with Crippen LogP contribution in [0.4, 0.5) is 0 Å². The van der Waals surface area contributed by atoms with E-state index in [0.717, 1.165) is 64.4 Å². The van der Waals surface area contributed by atoms with Gasteiger partial charge >= 0.3 is 10.4 Å². The fraction of sp³-hybridized carbons (Fsp3) is 0.879. The monoisotopic (exact) mass is 1100 g/mol. The third-order valence-electron chi connectivity index (χ3n) is 14.7. The Bertz CT molecular complexity index is 1440. The Kier molecular flexibility index (Phi) is 62.4. The lowest BCUT2D eigenvalue weighted by atomic mass is 10.0. The molecule has 0 fully saturated rings. The molecule has 2 rings (SSSR count). The minimum absolute atomic E-state index is 0.0289. The highest BCUT2D eigenvalue weighted by molar-refractivity contribution is 7.80. The molecule has 0 unspecified atom stereocenters. The van der Waals surface area contributed by atoms with E-state index >= 15 is 0 Å². The van der Waals surface area contributed by atoms with Gasteiger partial charge in [0.05, 0.1) is 25.4 Å². The van der Waals surface area contributed by atoms with E-state index < -0.39 is 10.4 Å². The molecule has 0 radical (unpaired) electrons. The molecule has 454 valence electrons. The van der Waals surface area contributed by atoms with Crippen molar-refractivity contribution in [3.8, 4) is 0 Å². The molecule has 0 saturated heterocycles. The molecule has 77 heavy (non-hydrogen) atoms. The third-order valence-corrected chi connectivity index (χ3v) is 15.3. The van der Waals surface area contributed by atoms with Crippen LogP contribution < -0.4 is 5.32 Å². The molecule has 0 bridgehead atoms. The van der Waals surface area contributed by atoms with E-state index in [2.05, 4.69) is 88.2 Å². The molecule has 0 aromatic heterocycles. The Labute approximate surface area is 479 Å². The predicted octanol–water partition coefficient (Wildman–Crippen LogP) is 19.5. The van der Waals surface area contributed by atoms with Gasteiger partial charge in [-0.25, -0.2) is 8.98 Å². The fourth-order valence-electron chi connectivity index (χ4n) is 9.93. The normalized spacial score (nSPS) is 13.2. The van der Waals surface area contributed by atoms with Gasteiger partial charge in [-0.3, -0.25) is 14.5 Å². The lowest BCUT2D eigenvalue weighted by molar-refractivity contribution is 0.283. The molecule has 0 atom stereocenters. The van der Waals surface area contributed by atoms with E-state index in [1.54, 1.807) is 0 Å². The van der Waals surface area contributed by atoms with Crippen molar-refractivity contribution < 1.29 is 21.9 Å². The van der Waals surface area contributed by atoms with Crippen molar-refractivity contribution in [2.45, 2.75) is 325 Å². The minimum atomic E-state index is -4.17. The average Bonchev–Trinajstić information content (AvgIpc) is 4.10. The summed E-state index contributed by atoms with van der Waals surface area (Å²) in [7, 11) is -4.17. The smallest absolute Gasteiger partial charge is 0.380 e. The average molecular weight is 1100 g/mol. The first kappa shape index (κ1) is 76.6. The number of hydrogen-bond acceptors (Lipinski definition) is 9. The summed E-state index contributed by atoms with van der Waals surface area (Å²) in [4.78, 5) is 24.5. The van der Waals surface area contributed by atoms with Crippen molar-refractivity contribution in [2.75, 3.05) is 52.4 Å². The number of nitrogens with zero attached hydrogens (tertiary/aromatic N) is 4. The van der Waals surface area contributed by atoms with E-state index in [0.29, 0.717) is 0 Å². The van der Waals surface area contributed by atoms with Crippen molar-refractivity contribution in [1.29, 1.82) is 0 Å². The van der Waals surface area contributed by atoms with Crippen molar-refractivity contribution in [3.05, 3.63) is 30.0 Å². The molecule has 2 aliphatic rings. The van der Waals surface area contributed by atoms with Crippen molar-refractivity contribution in [3.63, 3.8) is 0 Å². The SMILES string of the molecule is CCCCCCCCCCCCCCCC=CC1=NCCN1CC.CCCCCCCCCCCCCCCC=CC1=NCCN1CC.CCCCCCCCCCCCCCCCC(=C=O)NCC.CCOS(=O)(=O)O. The second-order valence-corrected chi connectivity index (χ2v) is 22.9. The lowest BCUT2D eigenvalue weighted by Crippen LogP contribution is -2.25. The minimum Gasteiger partial charge on any atom is -0.380 e. The second kappa shape index (κ2) is 62.7. The number of likely N-dealkylation sites (N-methyl/N-ethyl adjacent to an activating group) is 2. The number of nitrogens with one attached hydrogen (secondary N) is 1. The molecule has 2 N–H and O–H groups in total. The molecular weight excluding hydrogens is 975 g/mol. The zero-order chi connectivity index (χ0) is 56.8. The maximum absolute atomic E-state index is 10.6. The predicted molar refractivity (Wildman–Crippen MR) is 339 cm³/mol. The van der Waals surface area contributed by atoms with Gasteiger partial charge < -0.3 is 15.1 Å². The lowest BCUT2D eigenvalue weighted by Gasteiger charge is -2.14. The summed E-state index contributed by atoms with van der Waals surface area (Å²) >= 11 is 0. The van der Waals surface area contributed by atoms with Crippen LogP contribution in [-0.2, 0) is 19.4 Å². The standard InChI is InChI=1S/2C22H42N2.C20H39NO.C2H6O4S/c2*1-3-5-6-7-8-9-10-11-12-13-14-15-16-17-18-19-22-23-20-21-24(22)4-2;1-3-5-6-7-8-9-10-11-12-13-14-15-16-17-18-20(19-22)21-4-2;1-2-6-7(3,4)5/h2*18-19H,3-17,20-21H2,1-2H3;21H,3-18H2,1-2H3;2H2,1H3,(H,3,4,5). The van der Waals surface area contributed by atoms with E-state index in [-0.39, 0.29) is 6.61 Å². The van der Waals surface area contributed by atoms with Crippen LogP contribution in [0.2, 0.25) is 0 Å². The van der Waals surface area contributed by atoms with E-state index in [9.17, 15) is 13.2 Å². The Morgan fingerprint density at radius 3 is 1.00 bits per heavy atom. The number of aliphatic imine (C=N–C) groups is 2. The topological polar surface area (TPSA) is 124 Å². The van der Waals surface area contributed by atoms with Gasteiger partial charge in [-0.05, 0) is 78.4 Å². The Morgan fingerprint density at radius 1 is 0.481 bits per heavy atom. The number of amidine groups is 2.